The summed E-state index contributed by atoms with van der Waals surface area (Å²) in [5.74, 6) is 1.54. The summed E-state index contributed by atoms with van der Waals surface area (Å²) in [7, 11) is 0. The molecule has 2 aromatic rings. The average Bonchev–Trinajstić information content (AvgIpc) is 2.66. The predicted molar refractivity (Wildman–Crippen MR) is 98.3 cm³/mol. The number of amides is 1. The lowest BCUT2D eigenvalue weighted by Gasteiger charge is -2.32. The Bertz CT molecular complexity index is 708. The Morgan fingerprint density at radius 1 is 1.12 bits per heavy atom. The SMILES string of the molecule is CCOc1ccc(CC(=O)N2CCC(Oc3ccc(C)nn3)CC2)cc1. The standard InChI is InChI=1S/C20H25N3O3/c1-3-25-17-7-5-16(6-8-17)14-20(24)23-12-10-18(11-13-23)26-19-9-4-15(2)21-22-19/h4-9,18H,3,10-14H2,1-2H3. The first-order valence-corrected chi connectivity index (χ1v) is 9.10. The van der Waals surface area contributed by atoms with E-state index >= 15 is 0 Å². The Hall–Kier alpha value is -2.63. The molecule has 1 aliphatic heterocycles. The van der Waals surface area contributed by atoms with Crippen LogP contribution in [0.2, 0.25) is 0 Å². The highest BCUT2D eigenvalue weighted by Gasteiger charge is 2.24. The maximum Gasteiger partial charge on any atom is 0.233 e. The molecule has 2 heterocycles. The fourth-order valence-corrected chi connectivity index (χ4v) is 3.00. The lowest BCUT2D eigenvalue weighted by atomic mass is 10.1. The molecule has 1 aromatic heterocycles. The zero-order valence-corrected chi connectivity index (χ0v) is 15.4. The molecule has 0 aliphatic carbocycles. The Balaban J connectivity index is 1.46. The van der Waals surface area contributed by atoms with Crippen LogP contribution in [0, 0.1) is 6.92 Å². The van der Waals surface area contributed by atoms with Crippen LogP contribution in [0.3, 0.4) is 0 Å². The van der Waals surface area contributed by atoms with Gasteiger partial charge in [0, 0.05) is 32.0 Å². The van der Waals surface area contributed by atoms with Crippen molar-refractivity contribution in [2.45, 2.75) is 39.2 Å². The minimum atomic E-state index is 0.0848. The van der Waals surface area contributed by atoms with Crippen molar-refractivity contribution in [1.29, 1.82) is 0 Å². The first-order chi connectivity index (χ1) is 12.6. The van der Waals surface area contributed by atoms with E-state index in [0.29, 0.717) is 32.0 Å². The predicted octanol–water partition coefficient (Wildman–Crippen LogP) is 2.80. The van der Waals surface area contributed by atoms with Crippen molar-refractivity contribution in [3.05, 3.63) is 47.7 Å². The Kier molecular flexibility index (Phi) is 6.04. The highest BCUT2D eigenvalue weighted by Crippen LogP contribution is 2.18. The number of carbonyl (C=O) groups is 1. The number of aromatic nitrogens is 2. The third kappa shape index (κ3) is 4.94. The van der Waals surface area contributed by atoms with Gasteiger partial charge in [0.15, 0.2) is 0 Å². The lowest BCUT2D eigenvalue weighted by Crippen LogP contribution is -2.42. The second kappa shape index (κ2) is 8.65. The quantitative estimate of drug-likeness (QED) is 0.797. The first kappa shape index (κ1) is 18.2. The number of benzene rings is 1. The Morgan fingerprint density at radius 3 is 2.46 bits per heavy atom. The minimum Gasteiger partial charge on any atom is -0.494 e. The lowest BCUT2D eigenvalue weighted by molar-refractivity contribution is -0.132. The van der Waals surface area contributed by atoms with Crippen LogP contribution in [0.4, 0.5) is 0 Å². The molecular formula is C20H25N3O3. The maximum atomic E-state index is 12.5. The molecule has 1 aromatic carbocycles. The summed E-state index contributed by atoms with van der Waals surface area (Å²) in [6.07, 6.45) is 2.12. The topological polar surface area (TPSA) is 64.5 Å². The van der Waals surface area contributed by atoms with Crippen molar-refractivity contribution in [2.24, 2.45) is 0 Å². The van der Waals surface area contributed by atoms with Crippen LogP contribution in [0.15, 0.2) is 36.4 Å². The fraction of sp³-hybridized carbons (Fsp3) is 0.450. The van der Waals surface area contributed by atoms with Crippen LogP contribution < -0.4 is 9.47 Å². The smallest absolute Gasteiger partial charge is 0.233 e. The highest BCUT2D eigenvalue weighted by molar-refractivity contribution is 5.78. The van der Waals surface area contributed by atoms with E-state index in [0.717, 1.165) is 29.8 Å². The molecule has 26 heavy (non-hydrogen) atoms. The highest BCUT2D eigenvalue weighted by atomic mass is 16.5. The van der Waals surface area contributed by atoms with Crippen LogP contribution >= 0.6 is 0 Å². The van der Waals surface area contributed by atoms with Crippen molar-refractivity contribution in [2.75, 3.05) is 19.7 Å². The van der Waals surface area contributed by atoms with Crippen LogP contribution in [0.1, 0.15) is 31.0 Å². The summed E-state index contributed by atoms with van der Waals surface area (Å²) in [6.45, 7) is 5.91. The van der Waals surface area contributed by atoms with Gasteiger partial charge in [-0.3, -0.25) is 4.79 Å². The van der Waals surface area contributed by atoms with E-state index < -0.39 is 0 Å². The van der Waals surface area contributed by atoms with Gasteiger partial charge < -0.3 is 14.4 Å². The van der Waals surface area contributed by atoms with E-state index in [4.69, 9.17) is 9.47 Å². The zero-order valence-electron chi connectivity index (χ0n) is 15.4. The van der Waals surface area contributed by atoms with Crippen LogP contribution in [0.5, 0.6) is 11.6 Å². The second-order valence-electron chi connectivity index (χ2n) is 6.46. The number of hydrogen-bond acceptors (Lipinski definition) is 5. The number of hydrogen-bond donors (Lipinski definition) is 0. The van der Waals surface area contributed by atoms with Gasteiger partial charge in [0.2, 0.25) is 11.8 Å². The summed E-state index contributed by atoms with van der Waals surface area (Å²) < 4.78 is 11.3. The summed E-state index contributed by atoms with van der Waals surface area (Å²) >= 11 is 0. The van der Waals surface area contributed by atoms with Crippen molar-refractivity contribution in [3.8, 4) is 11.6 Å². The van der Waals surface area contributed by atoms with Gasteiger partial charge in [-0.05, 0) is 37.6 Å². The average molecular weight is 355 g/mol. The number of rotatable bonds is 6. The molecule has 1 saturated heterocycles. The number of nitrogens with zero attached hydrogens (tertiary/aromatic N) is 3. The van der Waals surface area contributed by atoms with Gasteiger partial charge in [0.1, 0.15) is 11.9 Å². The third-order valence-corrected chi connectivity index (χ3v) is 4.45. The summed E-state index contributed by atoms with van der Waals surface area (Å²) in [6, 6.07) is 11.5. The first-order valence-electron chi connectivity index (χ1n) is 9.10. The van der Waals surface area contributed by atoms with Gasteiger partial charge >= 0.3 is 0 Å². The molecule has 0 bridgehead atoms. The Labute approximate surface area is 154 Å². The number of likely N-dealkylation sites (tertiary alicyclic amines) is 1. The molecule has 3 rings (SSSR count). The van der Waals surface area contributed by atoms with E-state index in [1.165, 1.54) is 0 Å². The van der Waals surface area contributed by atoms with Crippen LogP contribution in [-0.4, -0.2) is 46.8 Å². The summed E-state index contributed by atoms with van der Waals surface area (Å²) in [5, 5.41) is 8.04. The van der Waals surface area contributed by atoms with Crippen molar-refractivity contribution in [1.82, 2.24) is 15.1 Å². The second-order valence-corrected chi connectivity index (χ2v) is 6.46. The molecule has 0 spiro atoms. The van der Waals surface area contributed by atoms with E-state index in [-0.39, 0.29) is 12.0 Å². The number of carbonyl (C=O) groups excluding carboxylic acids is 1. The van der Waals surface area contributed by atoms with E-state index in [2.05, 4.69) is 10.2 Å². The minimum absolute atomic E-state index is 0.0848. The molecule has 0 unspecified atom stereocenters. The van der Waals surface area contributed by atoms with E-state index in [1.807, 2.05) is 55.1 Å². The molecule has 138 valence electrons. The van der Waals surface area contributed by atoms with Crippen molar-refractivity contribution < 1.29 is 14.3 Å². The molecule has 0 radical (unpaired) electrons. The van der Waals surface area contributed by atoms with Crippen LogP contribution in [-0.2, 0) is 11.2 Å². The monoisotopic (exact) mass is 355 g/mol. The number of piperidine rings is 1. The largest absolute Gasteiger partial charge is 0.494 e. The van der Waals surface area contributed by atoms with E-state index in [1.54, 1.807) is 0 Å². The molecular weight excluding hydrogens is 330 g/mol. The van der Waals surface area contributed by atoms with Gasteiger partial charge in [0.05, 0.1) is 18.7 Å². The van der Waals surface area contributed by atoms with Gasteiger partial charge in [0.25, 0.3) is 0 Å². The van der Waals surface area contributed by atoms with Gasteiger partial charge in [-0.25, -0.2) is 0 Å². The van der Waals surface area contributed by atoms with Gasteiger partial charge in [-0.1, -0.05) is 12.1 Å². The molecule has 1 aliphatic rings. The normalized spacial score (nSPS) is 14.9. The maximum absolute atomic E-state index is 12.5. The molecule has 6 nitrogen and oxygen atoms in total. The van der Waals surface area contributed by atoms with Crippen LogP contribution in [0.25, 0.3) is 0 Å². The van der Waals surface area contributed by atoms with Crippen molar-refractivity contribution in [3.63, 3.8) is 0 Å². The number of aryl methyl sites for hydroxylation is 1. The molecule has 0 N–H and O–H groups in total. The summed E-state index contributed by atoms with van der Waals surface area (Å²) in [4.78, 5) is 14.4. The summed E-state index contributed by atoms with van der Waals surface area (Å²) in [5.41, 5.74) is 1.87. The molecule has 6 heteroatoms. The molecule has 0 atom stereocenters. The third-order valence-electron chi connectivity index (χ3n) is 4.45. The molecule has 0 saturated carbocycles. The van der Waals surface area contributed by atoms with Crippen molar-refractivity contribution >= 4 is 5.91 Å². The molecule has 1 amide bonds. The van der Waals surface area contributed by atoms with E-state index in [9.17, 15) is 4.79 Å². The fourth-order valence-electron chi connectivity index (χ4n) is 3.00. The zero-order chi connectivity index (χ0) is 18.4. The van der Waals surface area contributed by atoms with Gasteiger partial charge in [-0.2, -0.15) is 5.10 Å². The molecule has 1 fully saturated rings. The number of ether oxygens (including phenoxy) is 2. The van der Waals surface area contributed by atoms with Gasteiger partial charge in [-0.15, -0.1) is 5.10 Å². The Morgan fingerprint density at radius 2 is 1.85 bits per heavy atom.